The third-order valence-corrected chi connectivity index (χ3v) is 3.98. The molecule has 0 radical (unpaired) electrons. The Hall–Kier alpha value is -1.32. The molecule has 0 saturated heterocycles. The number of rotatable bonds is 4. The Bertz CT molecular complexity index is 642. The lowest BCUT2D eigenvalue weighted by Crippen LogP contribution is -2.19. The molecular weight excluding hydrogens is 338 g/mol. The SMILES string of the molecule is CC(=O)c1ccc(Br)cc1N(C)Cc1ccccc1Cl. The highest BCUT2D eigenvalue weighted by atomic mass is 79.9. The van der Waals surface area contributed by atoms with Gasteiger partial charge in [0.15, 0.2) is 5.78 Å². The Balaban J connectivity index is 2.34. The number of nitrogens with zero attached hydrogens (tertiary/aromatic N) is 1. The third kappa shape index (κ3) is 3.41. The predicted molar refractivity (Wildman–Crippen MR) is 87.7 cm³/mol. The van der Waals surface area contributed by atoms with Crippen LogP contribution < -0.4 is 4.90 Å². The summed E-state index contributed by atoms with van der Waals surface area (Å²) >= 11 is 9.64. The summed E-state index contributed by atoms with van der Waals surface area (Å²) in [6, 6.07) is 13.4. The van der Waals surface area contributed by atoms with Crippen molar-refractivity contribution in [3.63, 3.8) is 0 Å². The van der Waals surface area contributed by atoms with E-state index in [9.17, 15) is 4.79 Å². The minimum Gasteiger partial charge on any atom is -0.370 e. The Morgan fingerprint density at radius 1 is 1.25 bits per heavy atom. The van der Waals surface area contributed by atoms with E-state index in [1.807, 2.05) is 54.4 Å². The van der Waals surface area contributed by atoms with Gasteiger partial charge in [0.2, 0.25) is 0 Å². The van der Waals surface area contributed by atoms with Crippen LogP contribution in [-0.4, -0.2) is 12.8 Å². The molecule has 4 heteroatoms. The minimum absolute atomic E-state index is 0.0542. The second-order valence-corrected chi connectivity index (χ2v) is 5.99. The van der Waals surface area contributed by atoms with Gasteiger partial charge in [-0.25, -0.2) is 0 Å². The van der Waals surface area contributed by atoms with Gasteiger partial charge in [-0.3, -0.25) is 4.79 Å². The Kier molecular flexibility index (Phi) is 4.84. The average Bonchev–Trinajstić information content (AvgIpc) is 2.40. The number of anilines is 1. The van der Waals surface area contributed by atoms with Crippen LogP contribution in [0.2, 0.25) is 5.02 Å². The zero-order valence-electron chi connectivity index (χ0n) is 11.4. The number of hydrogen-bond acceptors (Lipinski definition) is 2. The molecule has 0 fully saturated rings. The summed E-state index contributed by atoms with van der Waals surface area (Å²) < 4.78 is 0.948. The maximum atomic E-state index is 11.7. The number of ketones is 1. The van der Waals surface area contributed by atoms with Crippen molar-refractivity contribution in [2.45, 2.75) is 13.5 Å². The predicted octanol–water partition coefficient (Wildman–Crippen LogP) is 4.94. The highest BCUT2D eigenvalue weighted by Crippen LogP contribution is 2.27. The molecule has 0 bridgehead atoms. The zero-order chi connectivity index (χ0) is 14.7. The van der Waals surface area contributed by atoms with Gasteiger partial charge in [0, 0.05) is 34.3 Å². The lowest BCUT2D eigenvalue weighted by molar-refractivity contribution is 0.101. The van der Waals surface area contributed by atoms with Crippen molar-refractivity contribution >= 4 is 39.0 Å². The van der Waals surface area contributed by atoms with Crippen LogP contribution in [0.4, 0.5) is 5.69 Å². The Labute approximate surface area is 132 Å². The van der Waals surface area contributed by atoms with Crippen LogP contribution in [0.3, 0.4) is 0 Å². The quantitative estimate of drug-likeness (QED) is 0.726. The molecule has 0 N–H and O–H groups in total. The molecule has 0 unspecified atom stereocenters. The van der Waals surface area contributed by atoms with Gasteiger partial charge >= 0.3 is 0 Å². The first-order valence-corrected chi connectivity index (χ1v) is 7.41. The van der Waals surface area contributed by atoms with Crippen molar-refractivity contribution < 1.29 is 4.79 Å². The third-order valence-electron chi connectivity index (χ3n) is 3.12. The summed E-state index contributed by atoms with van der Waals surface area (Å²) in [5.41, 5.74) is 2.64. The fourth-order valence-corrected chi connectivity index (χ4v) is 2.63. The first-order valence-electron chi connectivity index (χ1n) is 6.24. The first kappa shape index (κ1) is 15.1. The van der Waals surface area contributed by atoms with E-state index in [0.717, 1.165) is 20.7 Å². The van der Waals surface area contributed by atoms with Crippen LogP contribution >= 0.6 is 27.5 Å². The summed E-state index contributed by atoms with van der Waals surface area (Å²) in [6.45, 7) is 2.23. The number of Topliss-reactive ketones (excluding diaryl/α,β-unsaturated/α-hetero) is 1. The van der Waals surface area contributed by atoms with E-state index in [1.54, 1.807) is 6.92 Å². The van der Waals surface area contributed by atoms with Gasteiger partial charge in [0.1, 0.15) is 0 Å². The van der Waals surface area contributed by atoms with Crippen LogP contribution in [0, 0.1) is 0 Å². The van der Waals surface area contributed by atoms with Crippen LogP contribution in [0.5, 0.6) is 0 Å². The van der Waals surface area contributed by atoms with E-state index in [1.165, 1.54) is 0 Å². The van der Waals surface area contributed by atoms with E-state index in [4.69, 9.17) is 11.6 Å². The second kappa shape index (κ2) is 6.42. The number of halogens is 2. The smallest absolute Gasteiger partial charge is 0.161 e. The van der Waals surface area contributed by atoms with Crippen molar-refractivity contribution in [2.75, 3.05) is 11.9 Å². The topological polar surface area (TPSA) is 20.3 Å². The number of benzene rings is 2. The molecule has 0 atom stereocenters. The van der Waals surface area contributed by atoms with E-state index in [-0.39, 0.29) is 5.78 Å². The molecule has 20 heavy (non-hydrogen) atoms. The normalized spacial score (nSPS) is 10.4. The molecule has 0 spiro atoms. The van der Waals surface area contributed by atoms with E-state index in [2.05, 4.69) is 15.9 Å². The molecule has 2 aromatic carbocycles. The Morgan fingerprint density at radius 2 is 1.95 bits per heavy atom. The maximum absolute atomic E-state index is 11.7. The van der Waals surface area contributed by atoms with Gasteiger partial charge in [-0.2, -0.15) is 0 Å². The van der Waals surface area contributed by atoms with E-state index < -0.39 is 0 Å². The van der Waals surface area contributed by atoms with Crippen molar-refractivity contribution in [3.05, 3.63) is 63.1 Å². The van der Waals surface area contributed by atoms with E-state index >= 15 is 0 Å². The fraction of sp³-hybridized carbons (Fsp3) is 0.188. The molecular formula is C16H15BrClNO. The number of carbonyl (C=O) groups is 1. The number of hydrogen-bond donors (Lipinski definition) is 0. The van der Waals surface area contributed by atoms with Gasteiger partial charge in [-0.1, -0.05) is 45.7 Å². The maximum Gasteiger partial charge on any atom is 0.161 e. The summed E-state index contributed by atoms with van der Waals surface area (Å²) in [6.07, 6.45) is 0. The summed E-state index contributed by atoms with van der Waals surface area (Å²) in [5.74, 6) is 0.0542. The molecule has 0 aliphatic rings. The molecule has 0 aliphatic carbocycles. The Morgan fingerprint density at radius 3 is 2.60 bits per heavy atom. The summed E-state index contributed by atoms with van der Waals surface area (Å²) in [5, 5.41) is 0.735. The first-order chi connectivity index (χ1) is 9.49. The monoisotopic (exact) mass is 351 g/mol. The van der Waals surface area contributed by atoms with Gasteiger partial charge in [-0.15, -0.1) is 0 Å². The molecule has 0 aromatic heterocycles. The zero-order valence-corrected chi connectivity index (χ0v) is 13.7. The number of carbonyl (C=O) groups excluding carboxylic acids is 1. The summed E-state index contributed by atoms with van der Waals surface area (Å²) in [4.78, 5) is 13.8. The molecule has 0 aliphatic heterocycles. The lowest BCUT2D eigenvalue weighted by Gasteiger charge is -2.22. The van der Waals surface area contributed by atoms with Gasteiger partial charge in [-0.05, 0) is 36.8 Å². The van der Waals surface area contributed by atoms with Gasteiger partial charge in [0.05, 0.1) is 0 Å². The van der Waals surface area contributed by atoms with Crippen LogP contribution in [0.1, 0.15) is 22.8 Å². The molecule has 0 amide bonds. The van der Waals surface area contributed by atoms with Crippen LogP contribution in [0.15, 0.2) is 46.9 Å². The van der Waals surface area contributed by atoms with Crippen molar-refractivity contribution in [1.29, 1.82) is 0 Å². The fourth-order valence-electron chi connectivity index (χ4n) is 2.09. The molecule has 2 nitrogen and oxygen atoms in total. The highest BCUT2D eigenvalue weighted by molar-refractivity contribution is 9.10. The molecule has 0 saturated carbocycles. The molecule has 2 aromatic rings. The molecule has 104 valence electrons. The van der Waals surface area contributed by atoms with Crippen LogP contribution in [-0.2, 0) is 6.54 Å². The van der Waals surface area contributed by atoms with Gasteiger partial charge < -0.3 is 4.90 Å². The van der Waals surface area contributed by atoms with Gasteiger partial charge in [0.25, 0.3) is 0 Å². The minimum atomic E-state index is 0.0542. The van der Waals surface area contributed by atoms with Crippen molar-refractivity contribution in [1.82, 2.24) is 0 Å². The highest BCUT2D eigenvalue weighted by Gasteiger charge is 2.13. The van der Waals surface area contributed by atoms with Crippen molar-refractivity contribution in [3.8, 4) is 0 Å². The molecule has 2 rings (SSSR count). The molecule has 0 heterocycles. The lowest BCUT2D eigenvalue weighted by atomic mass is 10.1. The standard InChI is InChI=1S/C16H15BrClNO/c1-11(20)14-8-7-13(17)9-16(14)19(2)10-12-5-3-4-6-15(12)18/h3-9H,10H2,1-2H3. The largest absolute Gasteiger partial charge is 0.370 e. The second-order valence-electron chi connectivity index (χ2n) is 4.67. The van der Waals surface area contributed by atoms with Crippen LogP contribution in [0.25, 0.3) is 0 Å². The van der Waals surface area contributed by atoms with E-state index in [0.29, 0.717) is 12.1 Å². The average molecular weight is 353 g/mol. The van der Waals surface area contributed by atoms with Crippen molar-refractivity contribution in [2.24, 2.45) is 0 Å². The summed E-state index contributed by atoms with van der Waals surface area (Å²) in [7, 11) is 1.96.